The van der Waals surface area contributed by atoms with Gasteiger partial charge in [0.25, 0.3) is 5.91 Å². The first-order chi connectivity index (χ1) is 47.5. The molecule has 0 fully saturated rings. The van der Waals surface area contributed by atoms with Crippen molar-refractivity contribution in [2.75, 3.05) is 19.5 Å². The summed E-state index contributed by atoms with van der Waals surface area (Å²) in [5.41, 5.74) is 6.29. The molecule has 6 rings (SSSR count). The van der Waals surface area contributed by atoms with Crippen molar-refractivity contribution in [1.29, 1.82) is 0 Å². The van der Waals surface area contributed by atoms with Crippen LogP contribution in [-0.4, -0.2) is 186 Å². The SMILES string of the molecule is C=CCOC(=O)N[C@@H](C)C(=O)N[C@]1(c2nc(C(=O)OC)cs2)CCC(c2nc(C(=O)O)cs2)=N[C@@H]1c1csc([C@@H](NC(=O)c2csc([C@@H](NC(=O)[C@H]3CSC([C@@H](NC(=O)[C@@H](N=[N+]=[N-])[C@@H](C)O[Si](C)(C)C(C)(C)C)[C@@H](C)O[Si](CC)(CC)CC)=N3)[C@](C)(O)[C@@H](C)O[Si](C)(C)C(C)(C)C)n2)[C@@H](C)O)n1. The van der Waals surface area contributed by atoms with E-state index in [0.717, 1.165) is 63.5 Å². The number of carbonyl (C=O) groups excluding carboxylic acids is 6. The smallest absolute Gasteiger partial charge is 0.408 e. The van der Waals surface area contributed by atoms with Crippen LogP contribution in [0.2, 0.25) is 54.4 Å². The van der Waals surface area contributed by atoms with Gasteiger partial charge < -0.3 is 64.7 Å². The van der Waals surface area contributed by atoms with Gasteiger partial charge in [0.05, 0.1) is 48.0 Å². The Hall–Kier alpha value is -6.20. The number of thiazole rings is 4. The van der Waals surface area contributed by atoms with Gasteiger partial charge in [0.1, 0.15) is 85.8 Å². The molecule has 2 aliphatic heterocycles. The van der Waals surface area contributed by atoms with Crippen LogP contribution >= 0.6 is 57.1 Å². The van der Waals surface area contributed by atoms with Gasteiger partial charge in [0, 0.05) is 32.2 Å². The summed E-state index contributed by atoms with van der Waals surface area (Å²) < 4.78 is 30.5. The van der Waals surface area contributed by atoms with E-state index in [1.165, 1.54) is 61.9 Å². The number of hydrogen-bond acceptors (Lipinski definition) is 26. The minimum Gasteiger partial charge on any atom is -0.476 e. The zero-order valence-corrected chi connectivity index (χ0v) is 68.8. The molecule has 0 aromatic carbocycles. The number of carboxylic acid groups (broad SMARTS) is 1. The molecule has 0 saturated heterocycles. The molecule has 2 aliphatic rings. The Bertz CT molecular complexity index is 3770. The number of aliphatic hydroxyl groups excluding tert-OH is 1. The van der Waals surface area contributed by atoms with Gasteiger partial charge in [-0.1, -0.05) is 80.1 Å². The van der Waals surface area contributed by atoms with E-state index in [-0.39, 0.29) is 78.1 Å². The minimum absolute atomic E-state index is 0.00842. The van der Waals surface area contributed by atoms with Crippen LogP contribution in [0.3, 0.4) is 0 Å². The lowest BCUT2D eigenvalue weighted by atomic mass is 9.80. The van der Waals surface area contributed by atoms with Gasteiger partial charge >= 0.3 is 18.0 Å². The summed E-state index contributed by atoms with van der Waals surface area (Å²) in [6, 6.07) is -5.87. The van der Waals surface area contributed by atoms with Gasteiger partial charge in [-0.05, 0) is 114 Å². The number of aliphatic hydroxyl groups is 2. The number of carboxylic acids is 1. The molecular weight excluding hydrogens is 1460 g/mol. The van der Waals surface area contributed by atoms with E-state index in [0.29, 0.717) is 10.8 Å². The lowest BCUT2D eigenvalue weighted by molar-refractivity contribution is -0.128. The summed E-state index contributed by atoms with van der Waals surface area (Å²) in [6.07, 6.45) is -3.18. The number of carbonyl (C=O) groups is 7. The van der Waals surface area contributed by atoms with E-state index < -0.39 is 144 Å². The maximum Gasteiger partial charge on any atom is 0.408 e. The largest absolute Gasteiger partial charge is 0.476 e. The summed E-state index contributed by atoms with van der Waals surface area (Å²) in [7, 11) is -6.26. The number of esters is 1. The second kappa shape index (κ2) is 34.8. The molecule has 0 bridgehead atoms. The molecule has 29 nitrogen and oxygen atoms in total. The van der Waals surface area contributed by atoms with E-state index in [4.69, 9.17) is 42.7 Å². The number of aromatic nitrogens is 4. The number of aromatic carboxylic acids is 1. The summed E-state index contributed by atoms with van der Waals surface area (Å²) in [5, 5.41) is 59.3. The summed E-state index contributed by atoms with van der Waals surface area (Å²) >= 11 is 5.34. The average molecular weight is 1560 g/mol. The normalized spacial score (nSPS) is 20.0. The number of nitrogens with zero attached hydrogens (tertiary/aromatic N) is 9. The van der Waals surface area contributed by atoms with E-state index in [2.05, 4.69) is 115 Å². The fraction of sp³-hybridized carbons (Fsp3) is 0.646. The number of alkyl carbamates (subject to hydrolysis) is 1. The zero-order chi connectivity index (χ0) is 76.4. The molecule has 0 aliphatic carbocycles. The Kier molecular flexibility index (Phi) is 28.9. The Morgan fingerprint density at radius 2 is 1.38 bits per heavy atom. The second-order valence-corrected chi connectivity index (χ2v) is 47.5. The van der Waals surface area contributed by atoms with E-state index in [1.807, 2.05) is 33.1 Å². The van der Waals surface area contributed by atoms with Crippen LogP contribution in [0.1, 0.15) is 192 Å². The molecular formula is C65H100N14O15S5Si3. The quantitative estimate of drug-likeness (QED) is 0.00538. The lowest BCUT2D eigenvalue weighted by Crippen LogP contribution is -2.56. The highest BCUT2D eigenvalue weighted by Crippen LogP contribution is 2.48. The first-order valence-electron chi connectivity index (χ1n) is 33.7. The number of hydrogen-bond donors (Lipinski definition) is 8. The maximum atomic E-state index is 15.0. The predicted octanol–water partition coefficient (Wildman–Crippen LogP) is 11.3. The lowest BCUT2D eigenvalue weighted by Gasteiger charge is -2.44. The number of aliphatic imine (C=N–C) groups is 2. The fourth-order valence-electron chi connectivity index (χ4n) is 10.9. The average Bonchev–Trinajstić information content (AvgIpc) is 1.49. The van der Waals surface area contributed by atoms with Crippen LogP contribution in [0.4, 0.5) is 4.79 Å². The minimum atomic E-state index is -2.63. The number of rotatable bonds is 34. The Labute approximate surface area is 619 Å². The number of thioether (sulfide) groups is 1. The molecule has 37 heteroatoms. The molecule has 562 valence electrons. The first-order valence-corrected chi connectivity index (χ1v) is 46.5. The first kappa shape index (κ1) is 84.7. The van der Waals surface area contributed by atoms with Crippen molar-refractivity contribution in [3.8, 4) is 0 Å². The summed E-state index contributed by atoms with van der Waals surface area (Å²) in [6.45, 7) is 39.9. The van der Waals surface area contributed by atoms with Crippen molar-refractivity contribution in [1.82, 2.24) is 46.5 Å². The van der Waals surface area contributed by atoms with Crippen molar-refractivity contribution in [3.05, 3.63) is 87.4 Å². The third-order valence-electron chi connectivity index (χ3n) is 19.5. The van der Waals surface area contributed by atoms with Crippen molar-refractivity contribution in [2.45, 2.75) is 249 Å². The molecule has 4 aromatic heterocycles. The molecule has 0 saturated carbocycles. The Morgan fingerprint density at radius 3 is 1.96 bits per heavy atom. The Balaban J connectivity index is 1.39. The highest BCUT2D eigenvalue weighted by molar-refractivity contribution is 8.14. The van der Waals surface area contributed by atoms with Gasteiger partial charge in [0.15, 0.2) is 36.3 Å². The molecule has 0 spiro atoms. The third-order valence-corrected chi connectivity index (χ3v) is 38.3. The second-order valence-electron chi connectivity index (χ2n) is 28.7. The van der Waals surface area contributed by atoms with Crippen LogP contribution in [-0.2, 0) is 42.7 Å². The van der Waals surface area contributed by atoms with Gasteiger partial charge in [-0.25, -0.2) is 34.3 Å². The summed E-state index contributed by atoms with van der Waals surface area (Å²) in [5.74, 6) is -4.63. The van der Waals surface area contributed by atoms with Crippen LogP contribution in [0.15, 0.2) is 49.3 Å². The van der Waals surface area contributed by atoms with Gasteiger partial charge in [-0.2, -0.15) is 0 Å². The van der Waals surface area contributed by atoms with Crippen LogP contribution in [0.5, 0.6) is 0 Å². The van der Waals surface area contributed by atoms with E-state index >= 15 is 4.79 Å². The number of methoxy groups -OCH3 is 1. The number of ether oxygens (including phenoxy) is 2. The van der Waals surface area contributed by atoms with E-state index in [9.17, 15) is 49.6 Å². The molecule has 0 radical (unpaired) electrons. The molecule has 13 atom stereocenters. The molecule has 102 heavy (non-hydrogen) atoms. The molecule has 8 N–H and O–H groups in total. The predicted molar refractivity (Wildman–Crippen MR) is 404 cm³/mol. The summed E-state index contributed by atoms with van der Waals surface area (Å²) in [4.78, 5) is 128. The van der Waals surface area contributed by atoms with E-state index in [1.54, 1.807) is 19.2 Å². The highest BCUT2D eigenvalue weighted by Gasteiger charge is 2.52. The standard InChI is InChI=1S/C65H100N14O15S5Si3/c1-22-28-91-61(88)67-34(5)50(81)77-65(60-73-44(33-99-60)59(87)90-17)27-26-39(54-72-43(32-95-54)58(85)86)68-48(65)40-29-96-55(69-40)45(35(6)80)74-51(82)41-31-98-57(71-41)49(64(16,89)38(9)94-101(20,21)63(13,14)15)76-52(83)42-30-97-56(70-42)47(37(8)93-102(23-2,24-3)25-4)75-53(84)46(78-79-66)36(7)92-100(18,19)62(10,11)12/h22,29,31-38,42,45-49,80,89H,1,23-28,30H2,2-21H3,(H,67,88)(H,74,82)(H,75,84)(H,76,83)(H,77,81)(H,85,86)/t34-,35+,36+,37+,38+,42+,45-,46-,47-,48+,49+,64+,65+/m0/s1. The maximum absolute atomic E-state index is 15.0. The third kappa shape index (κ3) is 20.0. The molecule has 4 aromatic rings. The van der Waals surface area contributed by atoms with Gasteiger partial charge in [0.2, 0.25) is 17.7 Å². The number of amides is 5. The fourth-order valence-corrected chi connectivity index (χ4v) is 21.6. The number of azide groups is 1. The van der Waals surface area contributed by atoms with Gasteiger partial charge in [-0.15, -0.1) is 57.1 Å². The van der Waals surface area contributed by atoms with Gasteiger partial charge in [-0.3, -0.25) is 29.2 Å². The van der Waals surface area contributed by atoms with Crippen LogP contribution < -0.4 is 26.6 Å². The monoisotopic (exact) mass is 1560 g/mol. The van der Waals surface area contributed by atoms with Crippen LogP contribution in [0, 0.1) is 0 Å². The van der Waals surface area contributed by atoms with Crippen molar-refractivity contribution >= 4 is 134 Å². The topological polar surface area (TPSA) is 412 Å². The molecule has 6 heterocycles. The Morgan fingerprint density at radius 1 is 0.765 bits per heavy atom. The van der Waals surface area contributed by atoms with Crippen molar-refractivity contribution in [3.63, 3.8) is 0 Å². The van der Waals surface area contributed by atoms with Crippen LogP contribution in [0.25, 0.3) is 10.4 Å². The van der Waals surface area contributed by atoms with Crippen molar-refractivity contribution in [2.24, 2.45) is 15.1 Å². The molecule has 0 unspecified atom stereocenters. The highest BCUT2D eigenvalue weighted by atomic mass is 32.2. The number of nitrogens with one attached hydrogen (secondary N) is 5. The molecule has 5 amide bonds. The zero-order valence-electron chi connectivity index (χ0n) is 61.7. The van der Waals surface area contributed by atoms with Crippen molar-refractivity contribution < 1.29 is 71.6 Å².